The Kier molecular flexibility index (Phi) is 22.1. The summed E-state index contributed by atoms with van der Waals surface area (Å²) in [6, 6.07) is -1.11. The molecule has 1 aliphatic rings. The van der Waals surface area contributed by atoms with Gasteiger partial charge in [-0.05, 0) is 50.9 Å². The fraction of sp³-hybridized carbons (Fsp3) is 0.848. The highest BCUT2D eigenvalue weighted by Crippen LogP contribution is 2.29. The monoisotopic (exact) mass is 609 g/mol. The van der Waals surface area contributed by atoms with E-state index in [-0.39, 0.29) is 30.6 Å². The number of aliphatic carboxylic acids is 2. The highest BCUT2D eigenvalue weighted by atomic mass is 16.4. The van der Waals surface area contributed by atoms with Gasteiger partial charge in [-0.3, -0.25) is 19.2 Å². The molecule has 0 saturated heterocycles. The molecule has 1 fully saturated rings. The minimum atomic E-state index is -1.17. The van der Waals surface area contributed by atoms with Gasteiger partial charge in [0, 0.05) is 31.7 Å². The number of rotatable bonds is 27. The van der Waals surface area contributed by atoms with Crippen LogP contribution in [0, 0.1) is 11.8 Å². The molecule has 0 spiro atoms. The van der Waals surface area contributed by atoms with E-state index >= 15 is 0 Å². The predicted molar refractivity (Wildman–Crippen MR) is 167 cm³/mol. The second-order valence-corrected chi connectivity index (χ2v) is 12.5. The quantitative estimate of drug-likeness (QED) is 0.0725. The topological polar surface area (TPSA) is 176 Å². The van der Waals surface area contributed by atoms with E-state index in [9.17, 15) is 29.1 Å². The summed E-state index contributed by atoms with van der Waals surface area (Å²) >= 11 is 0. The molecule has 1 atom stereocenters. The Labute approximate surface area is 258 Å². The molecule has 248 valence electrons. The van der Waals surface area contributed by atoms with Crippen molar-refractivity contribution in [3.8, 4) is 0 Å². The summed E-state index contributed by atoms with van der Waals surface area (Å²) in [6.07, 6.45) is 22.7. The number of hydrogen-bond acceptors (Lipinski definition) is 5. The maximum Gasteiger partial charge on any atom is 0.326 e. The van der Waals surface area contributed by atoms with Crippen LogP contribution < -0.4 is 16.4 Å². The molecule has 1 rings (SSSR count). The molecule has 6 N–H and O–H groups in total. The Morgan fingerprint density at radius 1 is 0.628 bits per heavy atom. The van der Waals surface area contributed by atoms with E-state index in [1.807, 2.05) is 0 Å². The van der Waals surface area contributed by atoms with Crippen LogP contribution in [0.3, 0.4) is 0 Å². The van der Waals surface area contributed by atoms with E-state index in [0.29, 0.717) is 38.1 Å². The second kappa shape index (κ2) is 24.8. The number of carbonyl (C=O) groups is 5. The molecule has 10 heteroatoms. The SMILES string of the molecule is NC(=O)CCC(NC(=O)C1CCC(CNC(=O)CCCCCCCCCCCCCCCCCCC(=O)O)CC1)C(=O)O. The molecule has 0 bridgehead atoms. The maximum absolute atomic E-state index is 12.5. The molecule has 1 unspecified atom stereocenters. The van der Waals surface area contributed by atoms with Crippen molar-refractivity contribution in [1.82, 2.24) is 10.6 Å². The van der Waals surface area contributed by atoms with E-state index < -0.39 is 23.9 Å². The molecule has 1 saturated carbocycles. The van der Waals surface area contributed by atoms with Crippen molar-refractivity contribution in [2.75, 3.05) is 6.54 Å². The van der Waals surface area contributed by atoms with Crippen molar-refractivity contribution in [3.05, 3.63) is 0 Å². The summed E-state index contributed by atoms with van der Waals surface area (Å²) in [4.78, 5) is 57.5. The lowest BCUT2D eigenvalue weighted by Gasteiger charge is -2.28. The summed E-state index contributed by atoms with van der Waals surface area (Å²) in [7, 11) is 0. The van der Waals surface area contributed by atoms with Gasteiger partial charge in [-0.1, -0.05) is 89.9 Å². The number of amides is 3. The number of carboxylic acids is 2. The van der Waals surface area contributed by atoms with Gasteiger partial charge < -0.3 is 26.6 Å². The number of carboxylic acid groups (broad SMARTS) is 2. The van der Waals surface area contributed by atoms with Crippen LogP contribution in [-0.4, -0.2) is 52.5 Å². The zero-order valence-corrected chi connectivity index (χ0v) is 26.4. The van der Waals surface area contributed by atoms with Crippen LogP contribution >= 0.6 is 0 Å². The van der Waals surface area contributed by atoms with Gasteiger partial charge in [0.2, 0.25) is 17.7 Å². The van der Waals surface area contributed by atoms with E-state index in [4.69, 9.17) is 10.8 Å². The number of hydrogen-bond donors (Lipinski definition) is 5. The van der Waals surface area contributed by atoms with Crippen molar-refractivity contribution >= 4 is 29.7 Å². The van der Waals surface area contributed by atoms with Gasteiger partial charge in [-0.15, -0.1) is 0 Å². The summed E-state index contributed by atoms with van der Waals surface area (Å²) in [5, 5.41) is 23.5. The minimum Gasteiger partial charge on any atom is -0.481 e. The molecule has 1 aliphatic carbocycles. The van der Waals surface area contributed by atoms with Crippen molar-refractivity contribution in [3.63, 3.8) is 0 Å². The van der Waals surface area contributed by atoms with Crippen LogP contribution in [0.1, 0.15) is 154 Å². The van der Waals surface area contributed by atoms with Crippen molar-refractivity contribution in [2.45, 2.75) is 160 Å². The van der Waals surface area contributed by atoms with E-state index in [0.717, 1.165) is 44.9 Å². The smallest absolute Gasteiger partial charge is 0.326 e. The van der Waals surface area contributed by atoms with Crippen molar-refractivity contribution in [1.29, 1.82) is 0 Å². The van der Waals surface area contributed by atoms with Crippen molar-refractivity contribution in [2.24, 2.45) is 17.6 Å². The van der Waals surface area contributed by atoms with Gasteiger partial charge in [0.1, 0.15) is 6.04 Å². The lowest BCUT2D eigenvalue weighted by atomic mass is 9.81. The maximum atomic E-state index is 12.5. The third-order valence-electron chi connectivity index (χ3n) is 8.64. The molecular formula is C33H59N3O7. The fourth-order valence-electron chi connectivity index (χ4n) is 5.85. The van der Waals surface area contributed by atoms with E-state index in [1.165, 1.54) is 70.6 Å². The normalized spacial score (nSPS) is 17.2. The van der Waals surface area contributed by atoms with Gasteiger partial charge in [0.25, 0.3) is 0 Å². The Morgan fingerprint density at radius 2 is 1.07 bits per heavy atom. The van der Waals surface area contributed by atoms with Crippen LogP contribution in [0.15, 0.2) is 0 Å². The minimum absolute atomic E-state index is 0.0128. The fourth-order valence-corrected chi connectivity index (χ4v) is 5.85. The molecule has 0 heterocycles. The number of primary amides is 1. The Bertz CT molecular complexity index is 812. The molecule has 0 radical (unpaired) electrons. The van der Waals surface area contributed by atoms with Gasteiger partial charge in [-0.2, -0.15) is 0 Å². The molecule has 0 aromatic rings. The Hall–Kier alpha value is -2.65. The summed E-state index contributed by atoms with van der Waals surface area (Å²) in [5.74, 6) is -2.55. The highest BCUT2D eigenvalue weighted by molar-refractivity contribution is 5.85. The van der Waals surface area contributed by atoms with Crippen LogP contribution in [-0.2, 0) is 24.0 Å². The summed E-state index contributed by atoms with van der Waals surface area (Å²) in [5.41, 5.74) is 5.09. The Morgan fingerprint density at radius 3 is 1.49 bits per heavy atom. The molecule has 43 heavy (non-hydrogen) atoms. The standard InChI is InChI=1S/C33H59N3O7/c34-29(37)24-23-28(33(42)43)36-32(41)27-21-19-26(20-22-27)25-35-30(38)17-15-13-11-9-7-5-3-1-2-4-6-8-10-12-14-16-18-31(39)40/h26-28H,1-25H2,(H2,34,37)(H,35,38)(H,36,41)(H,39,40)(H,42,43). The highest BCUT2D eigenvalue weighted by Gasteiger charge is 2.29. The van der Waals surface area contributed by atoms with E-state index in [2.05, 4.69) is 10.6 Å². The van der Waals surface area contributed by atoms with Gasteiger partial charge in [0.15, 0.2) is 0 Å². The van der Waals surface area contributed by atoms with Crippen molar-refractivity contribution < 1.29 is 34.2 Å². The third kappa shape index (κ3) is 21.7. The largest absolute Gasteiger partial charge is 0.481 e. The first-order chi connectivity index (χ1) is 20.7. The number of nitrogens with one attached hydrogen (secondary N) is 2. The summed E-state index contributed by atoms with van der Waals surface area (Å²) < 4.78 is 0. The first kappa shape index (κ1) is 38.4. The first-order valence-corrected chi connectivity index (χ1v) is 17.0. The van der Waals surface area contributed by atoms with Crippen LogP contribution in [0.5, 0.6) is 0 Å². The molecule has 0 aromatic carbocycles. The van der Waals surface area contributed by atoms with Gasteiger partial charge in [-0.25, -0.2) is 4.79 Å². The number of nitrogens with two attached hydrogens (primary N) is 1. The van der Waals surface area contributed by atoms with E-state index in [1.54, 1.807) is 0 Å². The third-order valence-corrected chi connectivity index (χ3v) is 8.64. The number of carbonyl (C=O) groups excluding carboxylic acids is 3. The zero-order valence-electron chi connectivity index (χ0n) is 26.4. The molecule has 0 aromatic heterocycles. The number of unbranched alkanes of at least 4 members (excludes halogenated alkanes) is 15. The van der Waals surface area contributed by atoms with Gasteiger partial charge in [0.05, 0.1) is 0 Å². The lowest BCUT2D eigenvalue weighted by molar-refractivity contribution is -0.143. The van der Waals surface area contributed by atoms with Crippen LogP contribution in [0.25, 0.3) is 0 Å². The second-order valence-electron chi connectivity index (χ2n) is 12.5. The Balaban J connectivity index is 1.93. The van der Waals surface area contributed by atoms with Crippen LogP contribution in [0.4, 0.5) is 0 Å². The average Bonchev–Trinajstić information content (AvgIpc) is 2.97. The molecule has 3 amide bonds. The lowest BCUT2D eigenvalue weighted by Crippen LogP contribution is -2.45. The zero-order chi connectivity index (χ0) is 31.7. The molecular weight excluding hydrogens is 550 g/mol. The predicted octanol–water partition coefficient (Wildman–Crippen LogP) is 5.85. The first-order valence-electron chi connectivity index (χ1n) is 17.0. The summed E-state index contributed by atoms with van der Waals surface area (Å²) in [6.45, 7) is 0.623. The van der Waals surface area contributed by atoms with Gasteiger partial charge >= 0.3 is 11.9 Å². The van der Waals surface area contributed by atoms with Crippen LogP contribution in [0.2, 0.25) is 0 Å². The molecule has 10 nitrogen and oxygen atoms in total. The molecule has 0 aliphatic heterocycles. The average molecular weight is 610 g/mol.